The van der Waals surface area contributed by atoms with E-state index in [0.717, 1.165) is 44.6 Å². The van der Waals surface area contributed by atoms with Crippen molar-refractivity contribution in [1.29, 1.82) is 0 Å². The van der Waals surface area contributed by atoms with Crippen molar-refractivity contribution >= 4 is 10.9 Å². The number of aliphatic hydroxyl groups is 2. The Kier molecular flexibility index (Phi) is 6.38. The van der Waals surface area contributed by atoms with Gasteiger partial charge in [-0.15, -0.1) is 0 Å². The van der Waals surface area contributed by atoms with Gasteiger partial charge in [-0.25, -0.2) is 18.7 Å². The Morgan fingerprint density at radius 1 is 1.00 bits per heavy atom. The van der Waals surface area contributed by atoms with Crippen LogP contribution in [-0.4, -0.2) is 32.4 Å². The van der Waals surface area contributed by atoms with Crippen molar-refractivity contribution in [1.82, 2.24) is 9.97 Å². The summed E-state index contributed by atoms with van der Waals surface area (Å²) in [4.78, 5) is 8.87. The number of halogens is 2. The summed E-state index contributed by atoms with van der Waals surface area (Å²) in [6.45, 7) is 7.32. The molecular weight excluding hydrogens is 470 g/mol. The van der Waals surface area contributed by atoms with Gasteiger partial charge in [0.25, 0.3) is 0 Å². The average molecular weight is 513 g/mol. The molecule has 4 aliphatic rings. The SMILES string of the molecule is C[C@H](CCc1ncc2c(F)c(F)ccc2n1)[C@H]1CC[C@H]2[C@H]3C(CC[C@]12C)[C@@]1(C)CC[C@@H](O)C[C@H]1C[C@@H]3O. The molecule has 2 N–H and O–H groups in total. The minimum absolute atomic E-state index is 0.133. The smallest absolute Gasteiger partial charge is 0.169 e. The number of fused-ring (bicyclic) bond motifs is 6. The Morgan fingerprint density at radius 3 is 2.57 bits per heavy atom. The number of benzene rings is 1. The fraction of sp³-hybridized carbons (Fsp3) is 0.742. The van der Waals surface area contributed by atoms with Gasteiger partial charge in [-0.2, -0.15) is 0 Å². The van der Waals surface area contributed by atoms with Gasteiger partial charge < -0.3 is 10.2 Å². The van der Waals surface area contributed by atoms with E-state index in [1.807, 2.05) is 0 Å². The molecule has 37 heavy (non-hydrogen) atoms. The van der Waals surface area contributed by atoms with E-state index in [0.29, 0.717) is 46.8 Å². The van der Waals surface area contributed by atoms with Crippen LogP contribution in [0.25, 0.3) is 10.9 Å². The summed E-state index contributed by atoms with van der Waals surface area (Å²) >= 11 is 0. The molecule has 4 fully saturated rings. The van der Waals surface area contributed by atoms with Crippen molar-refractivity contribution in [2.75, 3.05) is 0 Å². The van der Waals surface area contributed by atoms with Crippen LogP contribution in [0.15, 0.2) is 18.3 Å². The first-order chi connectivity index (χ1) is 17.6. The molecule has 0 aliphatic heterocycles. The maximum absolute atomic E-state index is 14.0. The first-order valence-electron chi connectivity index (χ1n) is 14.6. The lowest BCUT2D eigenvalue weighted by atomic mass is 9.43. The number of rotatable bonds is 4. The summed E-state index contributed by atoms with van der Waals surface area (Å²) in [6, 6.07) is 2.65. The summed E-state index contributed by atoms with van der Waals surface area (Å²) in [6.07, 6.45) is 11.2. The van der Waals surface area contributed by atoms with Crippen LogP contribution in [0.4, 0.5) is 8.78 Å². The molecule has 4 saturated carbocycles. The predicted octanol–water partition coefficient (Wildman–Crippen LogP) is 6.47. The topological polar surface area (TPSA) is 66.2 Å². The zero-order valence-corrected chi connectivity index (χ0v) is 22.5. The highest BCUT2D eigenvalue weighted by molar-refractivity contribution is 5.78. The van der Waals surface area contributed by atoms with E-state index in [-0.39, 0.29) is 28.4 Å². The molecule has 1 heterocycles. The molecule has 202 valence electrons. The highest BCUT2D eigenvalue weighted by atomic mass is 19.2. The van der Waals surface area contributed by atoms with Crippen molar-refractivity contribution in [3.63, 3.8) is 0 Å². The summed E-state index contributed by atoms with van der Waals surface area (Å²) in [5.74, 6) is 2.00. The molecule has 2 aromatic rings. The van der Waals surface area contributed by atoms with Crippen LogP contribution < -0.4 is 0 Å². The summed E-state index contributed by atoms with van der Waals surface area (Å²) in [5, 5.41) is 21.9. The van der Waals surface area contributed by atoms with E-state index in [1.165, 1.54) is 37.9 Å². The first kappa shape index (κ1) is 25.6. The normalized spacial score (nSPS) is 42.2. The molecule has 1 unspecified atom stereocenters. The lowest BCUT2D eigenvalue weighted by molar-refractivity contribution is -0.174. The standard InChI is InChI=1S/C31H42F2N2O2/c1-17(4-9-27-34-16-20-25(35-27)8-7-24(32)29(20)33)21-5-6-22-28-23(11-13-31(21,22)3)30(2)12-10-19(36)14-18(30)15-26(28)37/h7-8,16-19,21-23,26,28,36-37H,4-6,9-15H2,1-3H3/t17-,18+,19-,21-,22+,23?,26+,28+,30+,31-/m1/s1. The third-order valence-electron chi connectivity index (χ3n) is 11.9. The number of hydrogen-bond acceptors (Lipinski definition) is 4. The van der Waals surface area contributed by atoms with Crippen molar-refractivity contribution in [2.45, 2.75) is 97.2 Å². The van der Waals surface area contributed by atoms with E-state index >= 15 is 0 Å². The predicted molar refractivity (Wildman–Crippen MR) is 140 cm³/mol. The van der Waals surface area contributed by atoms with Gasteiger partial charge >= 0.3 is 0 Å². The maximum Gasteiger partial charge on any atom is 0.169 e. The quantitative estimate of drug-likeness (QED) is 0.493. The van der Waals surface area contributed by atoms with Gasteiger partial charge in [-0.3, -0.25) is 0 Å². The van der Waals surface area contributed by atoms with Crippen molar-refractivity contribution < 1.29 is 19.0 Å². The Morgan fingerprint density at radius 2 is 1.76 bits per heavy atom. The number of nitrogens with zero attached hydrogens (tertiary/aromatic N) is 2. The number of aliphatic hydroxyl groups excluding tert-OH is 2. The van der Waals surface area contributed by atoms with Crippen LogP contribution in [0.1, 0.15) is 84.4 Å². The molecule has 0 amide bonds. The molecule has 1 aromatic carbocycles. The molecule has 6 rings (SSSR count). The molecule has 10 atom stereocenters. The fourth-order valence-electron chi connectivity index (χ4n) is 9.94. The van der Waals surface area contributed by atoms with Gasteiger partial charge in [0.1, 0.15) is 5.82 Å². The Labute approximate surface area is 219 Å². The molecular formula is C31H42F2N2O2. The molecule has 0 saturated heterocycles. The average Bonchev–Trinajstić information content (AvgIpc) is 3.23. The van der Waals surface area contributed by atoms with E-state index < -0.39 is 11.6 Å². The summed E-state index contributed by atoms with van der Waals surface area (Å²) in [5.41, 5.74) is 0.949. The first-order valence-corrected chi connectivity index (χ1v) is 14.6. The second kappa shape index (κ2) is 9.22. The molecule has 0 bridgehead atoms. The van der Waals surface area contributed by atoms with Crippen LogP contribution in [0.3, 0.4) is 0 Å². The van der Waals surface area contributed by atoms with Crippen molar-refractivity contribution in [3.8, 4) is 0 Å². The number of aryl methyl sites for hydroxylation is 1. The molecule has 1 aromatic heterocycles. The minimum Gasteiger partial charge on any atom is -0.393 e. The molecule has 0 radical (unpaired) electrons. The van der Waals surface area contributed by atoms with E-state index in [9.17, 15) is 19.0 Å². The van der Waals surface area contributed by atoms with Crippen molar-refractivity contribution in [3.05, 3.63) is 35.8 Å². The zero-order chi connectivity index (χ0) is 26.1. The molecule has 6 heteroatoms. The van der Waals surface area contributed by atoms with Crippen LogP contribution in [-0.2, 0) is 6.42 Å². The van der Waals surface area contributed by atoms with Gasteiger partial charge in [0.2, 0.25) is 0 Å². The lowest BCUT2D eigenvalue weighted by Crippen LogP contribution is -2.58. The van der Waals surface area contributed by atoms with Gasteiger partial charge in [0.05, 0.1) is 23.1 Å². The van der Waals surface area contributed by atoms with E-state index in [4.69, 9.17) is 0 Å². The molecule has 4 nitrogen and oxygen atoms in total. The third kappa shape index (κ3) is 4.04. The monoisotopic (exact) mass is 512 g/mol. The highest BCUT2D eigenvalue weighted by Crippen LogP contribution is 2.68. The van der Waals surface area contributed by atoms with Crippen LogP contribution in [0.2, 0.25) is 0 Å². The fourth-order valence-corrected chi connectivity index (χ4v) is 9.94. The van der Waals surface area contributed by atoms with Gasteiger partial charge in [-0.05, 0) is 116 Å². The maximum atomic E-state index is 14.0. The highest BCUT2D eigenvalue weighted by Gasteiger charge is 2.62. The van der Waals surface area contributed by atoms with E-state index in [2.05, 4.69) is 30.7 Å². The van der Waals surface area contributed by atoms with Crippen molar-refractivity contribution in [2.24, 2.45) is 46.3 Å². The summed E-state index contributed by atoms with van der Waals surface area (Å²) in [7, 11) is 0. The lowest BCUT2D eigenvalue weighted by Gasteiger charge is -2.62. The Balaban J connectivity index is 1.17. The van der Waals surface area contributed by atoms with Gasteiger partial charge in [0.15, 0.2) is 11.6 Å². The number of aromatic nitrogens is 2. The Bertz CT molecular complexity index is 1180. The summed E-state index contributed by atoms with van der Waals surface area (Å²) < 4.78 is 27.6. The second-order valence-electron chi connectivity index (χ2n) is 13.5. The van der Waals surface area contributed by atoms with Gasteiger partial charge in [0, 0.05) is 12.6 Å². The minimum atomic E-state index is -0.882. The largest absolute Gasteiger partial charge is 0.393 e. The van der Waals surface area contributed by atoms with Crippen LogP contribution in [0.5, 0.6) is 0 Å². The van der Waals surface area contributed by atoms with E-state index in [1.54, 1.807) is 0 Å². The van der Waals surface area contributed by atoms with Crippen LogP contribution in [0, 0.1) is 58.0 Å². The van der Waals surface area contributed by atoms with Crippen LogP contribution >= 0.6 is 0 Å². The Hall–Kier alpha value is -1.66. The molecule has 4 aliphatic carbocycles. The third-order valence-corrected chi connectivity index (χ3v) is 11.9. The van der Waals surface area contributed by atoms with Gasteiger partial charge in [-0.1, -0.05) is 20.8 Å². The molecule has 0 spiro atoms. The number of hydrogen-bond donors (Lipinski definition) is 2. The second-order valence-corrected chi connectivity index (χ2v) is 13.5. The zero-order valence-electron chi connectivity index (χ0n) is 22.5.